The fourth-order valence-corrected chi connectivity index (χ4v) is 3.02. The molecule has 0 radical (unpaired) electrons. The molecule has 0 bridgehead atoms. The van der Waals surface area contributed by atoms with E-state index in [9.17, 15) is 9.90 Å². The van der Waals surface area contributed by atoms with Crippen LogP contribution in [0.25, 0.3) is 0 Å². The second-order valence-corrected chi connectivity index (χ2v) is 5.88. The number of carbonyl (C=O) groups excluding carboxylic acids is 1. The number of piperidine rings is 1. The van der Waals surface area contributed by atoms with Crippen LogP contribution in [0.1, 0.15) is 39.0 Å². The Hall–Kier alpha value is -0.650. The highest BCUT2D eigenvalue weighted by atomic mass is 16.3. The Morgan fingerprint density at radius 1 is 1.47 bits per heavy atom. The number of β-amino-alcohol motifs (C(OH)–C–C–N with tert-alkyl or cyclic N) is 1. The second-order valence-electron chi connectivity index (χ2n) is 5.88. The zero-order valence-electron chi connectivity index (χ0n) is 11.9. The quantitative estimate of drug-likeness (QED) is 0.619. The summed E-state index contributed by atoms with van der Waals surface area (Å²) in [6, 6.07) is 0.486. The van der Waals surface area contributed by atoms with E-state index in [1.165, 1.54) is 25.8 Å². The summed E-state index contributed by atoms with van der Waals surface area (Å²) in [7, 11) is 0. The molecule has 2 rings (SSSR count). The number of likely N-dealkylation sites (tertiary alicyclic amines) is 1. The summed E-state index contributed by atoms with van der Waals surface area (Å²) in [5.41, 5.74) is 0. The molecule has 2 heterocycles. The molecule has 0 aliphatic carbocycles. The van der Waals surface area contributed by atoms with Gasteiger partial charge in [-0.15, -0.1) is 0 Å². The van der Waals surface area contributed by atoms with Crippen LogP contribution < -0.4 is 10.6 Å². The molecule has 3 atom stereocenters. The van der Waals surface area contributed by atoms with Gasteiger partial charge in [-0.1, -0.05) is 6.42 Å². The Morgan fingerprint density at radius 2 is 2.32 bits per heavy atom. The van der Waals surface area contributed by atoms with Crippen molar-refractivity contribution in [1.82, 2.24) is 15.5 Å². The van der Waals surface area contributed by atoms with E-state index in [1.807, 2.05) is 0 Å². The molecule has 0 saturated carbocycles. The van der Waals surface area contributed by atoms with Gasteiger partial charge in [0.1, 0.15) is 0 Å². The minimum absolute atomic E-state index is 0.0308. The van der Waals surface area contributed by atoms with Gasteiger partial charge in [-0.2, -0.15) is 0 Å². The lowest BCUT2D eigenvalue weighted by atomic mass is 10.0. The summed E-state index contributed by atoms with van der Waals surface area (Å²) < 4.78 is 0. The lowest BCUT2D eigenvalue weighted by Crippen LogP contribution is -2.42. The molecule has 0 aromatic heterocycles. The third-order valence-corrected chi connectivity index (χ3v) is 4.29. The van der Waals surface area contributed by atoms with Crippen LogP contribution in [-0.4, -0.2) is 60.3 Å². The van der Waals surface area contributed by atoms with Crippen molar-refractivity contribution >= 4 is 5.91 Å². The van der Waals surface area contributed by atoms with E-state index in [0.717, 1.165) is 19.5 Å². The van der Waals surface area contributed by atoms with E-state index in [4.69, 9.17) is 0 Å². The molecule has 110 valence electrons. The highest BCUT2D eigenvalue weighted by Crippen LogP contribution is 2.16. The molecule has 19 heavy (non-hydrogen) atoms. The zero-order valence-corrected chi connectivity index (χ0v) is 11.9. The first-order chi connectivity index (χ1) is 9.16. The van der Waals surface area contributed by atoms with Crippen molar-refractivity contribution in [2.75, 3.05) is 26.2 Å². The molecule has 0 spiro atoms. The number of carbonyl (C=O) groups is 1. The van der Waals surface area contributed by atoms with Gasteiger partial charge in [-0.25, -0.2) is 0 Å². The largest absolute Gasteiger partial charge is 0.392 e. The third-order valence-electron chi connectivity index (χ3n) is 4.29. The predicted octanol–water partition coefficient (Wildman–Crippen LogP) is 0.0899. The van der Waals surface area contributed by atoms with Crippen LogP contribution in [0, 0.1) is 0 Å². The van der Waals surface area contributed by atoms with Crippen molar-refractivity contribution < 1.29 is 9.90 Å². The molecular weight excluding hydrogens is 242 g/mol. The van der Waals surface area contributed by atoms with Gasteiger partial charge < -0.3 is 20.6 Å². The van der Waals surface area contributed by atoms with Gasteiger partial charge in [0.25, 0.3) is 0 Å². The molecule has 0 aromatic rings. The first-order valence-corrected chi connectivity index (χ1v) is 7.60. The van der Waals surface area contributed by atoms with Gasteiger partial charge in [0.2, 0.25) is 5.91 Å². The van der Waals surface area contributed by atoms with Gasteiger partial charge in [-0.3, -0.25) is 4.79 Å². The highest BCUT2D eigenvalue weighted by Gasteiger charge is 2.27. The average molecular weight is 269 g/mol. The van der Waals surface area contributed by atoms with Crippen LogP contribution in [0.5, 0.6) is 0 Å². The van der Waals surface area contributed by atoms with E-state index in [0.29, 0.717) is 19.0 Å². The Bertz CT molecular complexity index is 298. The number of rotatable bonds is 5. The third kappa shape index (κ3) is 4.44. The minimum Gasteiger partial charge on any atom is -0.392 e. The first kappa shape index (κ1) is 14.8. The van der Waals surface area contributed by atoms with Crippen LogP contribution in [0.15, 0.2) is 0 Å². The molecule has 2 saturated heterocycles. The Labute approximate surface area is 115 Å². The number of aliphatic hydroxyl groups excluding tert-OH is 1. The second kappa shape index (κ2) is 7.22. The summed E-state index contributed by atoms with van der Waals surface area (Å²) in [4.78, 5) is 14.3. The number of hydrogen-bond donors (Lipinski definition) is 3. The van der Waals surface area contributed by atoms with E-state index in [1.54, 1.807) is 0 Å². The van der Waals surface area contributed by atoms with Crippen molar-refractivity contribution in [2.24, 2.45) is 0 Å². The summed E-state index contributed by atoms with van der Waals surface area (Å²) >= 11 is 0. The number of hydrogen-bond acceptors (Lipinski definition) is 4. The van der Waals surface area contributed by atoms with E-state index in [2.05, 4.69) is 22.5 Å². The summed E-state index contributed by atoms with van der Waals surface area (Å²) in [6.45, 7) is 5.83. The fraction of sp³-hybridized carbons (Fsp3) is 0.929. The molecule has 2 aliphatic rings. The van der Waals surface area contributed by atoms with Crippen LogP contribution in [-0.2, 0) is 4.79 Å². The summed E-state index contributed by atoms with van der Waals surface area (Å²) in [5.74, 6) is 0.0308. The number of amides is 1. The number of aliphatic hydroxyl groups is 1. The molecule has 2 aliphatic heterocycles. The van der Waals surface area contributed by atoms with Gasteiger partial charge in [0.05, 0.1) is 12.1 Å². The van der Waals surface area contributed by atoms with E-state index >= 15 is 0 Å². The fourth-order valence-electron chi connectivity index (χ4n) is 3.02. The monoisotopic (exact) mass is 269 g/mol. The van der Waals surface area contributed by atoms with Gasteiger partial charge in [0.15, 0.2) is 0 Å². The van der Waals surface area contributed by atoms with Gasteiger partial charge in [0, 0.05) is 25.7 Å². The molecule has 5 nitrogen and oxygen atoms in total. The normalized spacial score (nSPS) is 32.4. The molecule has 5 heteroatoms. The predicted molar refractivity (Wildman–Crippen MR) is 74.9 cm³/mol. The van der Waals surface area contributed by atoms with Crippen molar-refractivity contribution in [3.63, 3.8) is 0 Å². The number of nitrogens with zero attached hydrogens (tertiary/aromatic N) is 1. The van der Waals surface area contributed by atoms with Crippen molar-refractivity contribution in [3.05, 3.63) is 0 Å². The smallest absolute Gasteiger partial charge is 0.237 e. The van der Waals surface area contributed by atoms with Crippen LogP contribution >= 0.6 is 0 Å². The maximum Gasteiger partial charge on any atom is 0.237 e. The maximum atomic E-state index is 11.8. The molecule has 0 unspecified atom stereocenters. The lowest BCUT2D eigenvalue weighted by molar-refractivity contribution is -0.122. The average Bonchev–Trinajstić information content (AvgIpc) is 2.83. The lowest BCUT2D eigenvalue weighted by Gasteiger charge is -2.33. The minimum atomic E-state index is -0.370. The summed E-state index contributed by atoms with van der Waals surface area (Å²) in [5, 5.41) is 15.4. The van der Waals surface area contributed by atoms with E-state index < -0.39 is 0 Å². The van der Waals surface area contributed by atoms with Crippen LogP contribution in [0.4, 0.5) is 0 Å². The Morgan fingerprint density at radius 3 is 3.00 bits per heavy atom. The molecule has 2 fully saturated rings. The van der Waals surface area contributed by atoms with Crippen molar-refractivity contribution in [1.29, 1.82) is 0 Å². The molecule has 1 amide bonds. The van der Waals surface area contributed by atoms with E-state index in [-0.39, 0.29) is 18.1 Å². The van der Waals surface area contributed by atoms with Crippen molar-refractivity contribution in [3.8, 4) is 0 Å². The zero-order chi connectivity index (χ0) is 13.7. The van der Waals surface area contributed by atoms with Gasteiger partial charge >= 0.3 is 0 Å². The maximum absolute atomic E-state index is 11.8. The Kier molecular flexibility index (Phi) is 5.60. The van der Waals surface area contributed by atoms with Crippen LogP contribution in [0.2, 0.25) is 0 Å². The SMILES string of the molecule is C[C@@H]1CCCCN1CCCNC(=O)[C@H]1C[C@H](O)CN1. The standard InChI is InChI=1S/C14H27N3O2/c1-11-5-2-3-7-17(11)8-4-6-15-14(19)13-9-12(18)10-16-13/h11-13,16,18H,2-10H2,1H3,(H,15,19)/t11-,12+,13-/m1/s1. The Balaban J connectivity index is 1.57. The molecule has 3 N–H and O–H groups in total. The topological polar surface area (TPSA) is 64.6 Å². The highest BCUT2D eigenvalue weighted by molar-refractivity contribution is 5.82. The summed E-state index contributed by atoms with van der Waals surface area (Å²) in [6.07, 6.45) is 5.13. The molecule has 0 aromatic carbocycles. The molecular formula is C14H27N3O2. The number of nitrogens with one attached hydrogen (secondary N) is 2. The van der Waals surface area contributed by atoms with Crippen LogP contribution in [0.3, 0.4) is 0 Å². The van der Waals surface area contributed by atoms with Crippen molar-refractivity contribution in [2.45, 2.75) is 57.2 Å². The van der Waals surface area contributed by atoms with Gasteiger partial charge in [-0.05, 0) is 39.2 Å². The first-order valence-electron chi connectivity index (χ1n) is 7.60.